The van der Waals surface area contributed by atoms with Crippen LogP contribution in [0.1, 0.15) is 6.92 Å². The Balaban J connectivity index is 0.00000256. The van der Waals surface area contributed by atoms with Crippen molar-refractivity contribution in [2.24, 2.45) is 5.92 Å². The van der Waals surface area contributed by atoms with Gasteiger partial charge >= 0.3 is 58.4 Å². The van der Waals surface area contributed by atoms with Gasteiger partial charge in [-0.05, 0) is 26.6 Å². The number of likely N-dealkylation sites (N-methyl/N-ethyl adjacent to an activating group) is 1. The van der Waals surface area contributed by atoms with E-state index in [9.17, 15) is 12.9 Å². The minimum atomic E-state index is -4.89. The second kappa shape index (κ2) is 7.07. The van der Waals surface area contributed by atoms with E-state index in [1.165, 1.54) is 0 Å². The third-order valence-corrected chi connectivity index (χ3v) is 3.20. The molecule has 1 saturated heterocycles. The molecule has 1 heterocycles. The SMILES string of the molecule is C=C(CN1CC(C)C(N(C)C)C1)[B-](F)(F)F.[K+]. The summed E-state index contributed by atoms with van der Waals surface area (Å²) in [6.45, 7) is 1.69. The molecule has 2 unspecified atom stereocenters. The summed E-state index contributed by atoms with van der Waals surface area (Å²) >= 11 is 0. The first-order valence-corrected chi connectivity index (χ1v) is 5.48. The molecule has 0 aromatic carbocycles. The van der Waals surface area contributed by atoms with Crippen molar-refractivity contribution in [3.8, 4) is 0 Å². The fraction of sp³-hybridized carbons (Fsp3) is 0.800. The molecule has 0 saturated carbocycles. The van der Waals surface area contributed by atoms with E-state index in [0.717, 1.165) is 0 Å². The summed E-state index contributed by atoms with van der Waals surface area (Å²) in [5.41, 5.74) is -0.591. The van der Waals surface area contributed by atoms with Crippen molar-refractivity contribution in [2.45, 2.75) is 13.0 Å². The molecule has 1 rings (SSSR count). The number of nitrogens with zero attached hydrogens (tertiary/aromatic N) is 2. The van der Waals surface area contributed by atoms with E-state index in [4.69, 9.17) is 0 Å². The van der Waals surface area contributed by atoms with Crippen molar-refractivity contribution in [3.63, 3.8) is 0 Å². The van der Waals surface area contributed by atoms with Gasteiger partial charge in [0.25, 0.3) is 0 Å². The molecule has 0 amide bonds. The van der Waals surface area contributed by atoms with E-state index < -0.39 is 12.4 Å². The Morgan fingerprint density at radius 2 is 1.88 bits per heavy atom. The molecule has 0 bridgehead atoms. The van der Waals surface area contributed by atoms with E-state index in [1.807, 2.05) is 19.0 Å². The molecule has 2 atom stereocenters. The van der Waals surface area contributed by atoms with Gasteiger partial charge in [0.15, 0.2) is 0 Å². The first kappa shape index (κ1) is 18.2. The second-order valence-corrected chi connectivity index (χ2v) is 4.94. The molecule has 0 N–H and O–H groups in total. The minimum Gasteiger partial charge on any atom is -0.445 e. The smallest absolute Gasteiger partial charge is 0.445 e. The van der Waals surface area contributed by atoms with Crippen LogP contribution < -0.4 is 51.4 Å². The van der Waals surface area contributed by atoms with Crippen molar-refractivity contribution < 1.29 is 64.3 Å². The van der Waals surface area contributed by atoms with Crippen LogP contribution in [0, 0.1) is 5.92 Å². The van der Waals surface area contributed by atoms with Crippen LogP contribution in [0.2, 0.25) is 0 Å². The molecule has 94 valence electrons. The van der Waals surface area contributed by atoms with Gasteiger partial charge in [-0.3, -0.25) is 0 Å². The standard InChI is InChI=1S/C10H19BF3N2.K/c1-8-5-16(7-10(8)15(3)4)6-9(2)11(12,13)14;/h8,10H,2,5-7H2,1,3-4H3;/q-1;+1. The summed E-state index contributed by atoms with van der Waals surface area (Å²) in [5.74, 6) is 0.406. The van der Waals surface area contributed by atoms with Gasteiger partial charge in [-0.2, -0.15) is 0 Å². The zero-order valence-electron chi connectivity index (χ0n) is 11.1. The van der Waals surface area contributed by atoms with Crippen LogP contribution in [0.4, 0.5) is 12.9 Å². The summed E-state index contributed by atoms with van der Waals surface area (Å²) in [4.78, 5) is 3.92. The van der Waals surface area contributed by atoms with Gasteiger partial charge in [-0.25, -0.2) is 0 Å². The van der Waals surface area contributed by atoms with Crippen LogP contribution in [0.3, 0.4) is 0 Å². The van der Waals surface area contributed by atoms with Gasteiger partial charge in [-0.15, -0.1) is 12.1 Å². The van der Waals surface area contributed by atoms with Crippen LogP contribution >= 0.6 is 0 Å². The third kappa shape index (κ3) is 5.34. The van der Waals surface area contributed by atoms with Gasteiger partial charge in [0.1, 0.15) is 0 Å². The number of likely N-dealkylation sites (tertiary alicyclic amines) is 1. The molecule has 0 aliphatic carbocycles. The molecule has 1 aliphatic heterocycles. The molecule has 7 heteroatoms. The van der Waals surface area contributed by atoms with Crippen molar-refractivity contribution >= 4 is 6.98 Å². The monoisotopic (exact) mass is 274 g/mol. The summed E-state index contributed by atoms with van der Waals surface area (Å²) in [6, 6.07) is 0.341. The Hall–Kier alpha value is 1.15. The average molecular weight is 274 g/mol. The van der Waals surface area contributed by atoms with E-state index in [0.29, 0.717) is 25.0 Å². The first-order chi connectivity index (χ1) is 7.21. The Morgan fingerprint density at radius 1 is 1.35 bits per heavy atom. The average Bonchev–Trinajstić information content (AvgIpc) is 2.45. The Morgan fingerprint density at radius 3 is 2.24 bits per heavy atom. The van der Waals surface area contributed by atoms with Crippen LogP contribution in [0.5, 0.6) is 0 Å². The van der Waals surface area contributed by atoms with Gasteiger partial charge in [0.05, 0.1) is 0 Å². The molecule has 1 fully saturated rings. The number of hydrogen-bond donors (Lipinski definition) is 0. The molecular formula is C10H19BF3KN2. The molecule has 1 aliphatic rings. The van der Waals surface area contributed by atoms with Crippen molar-refractivity contribution in [3.05, 3.63) is 12.1 Å². The maximum atomic E-state index is 12.4. The van der Waals surface area contributed by atoms with Crippen LogP contribution in [0.25, 0.3) is 0 Å². The van der Waals surface area contributed by atoms with Gasteiger partial charge in [-0.1, -0.05) is 6.92 Å². The quantitative estimate of drug-likeness (QED) is 0.595. The maximum Gasteiger partial charge on any atom is 1.00 e. The molecule has 0 radical (unpaired) electrons. The first-order valence-electron chi connectivity index (χ1n) is 5.48. The Kier molecular flexibility index (Phi) is 7.55. The predicted octanol–water partition coefficient (Wildman–Crippen LogP) is -1.18. The van der Waals surface area contributed by atoms with E-state index >= 15 is 0 Å². The summed E-state index contributed by atoms with van der Waals surface area (Å²) in [5, 5.41) is 0. The van der Waals surface area contributed by atoms with Gasteiger partial charge < -0.3 is 22.7 Å². The topological polar surface area (TPSA) is 6.48 Å². The predicted molar refractivity (Wildman–Crippen MR) is 61.3 cm³/mol. The summed E-state index contributed by atoms with van der Waals surface area (Å²) in [6.07, 6.45) is 0. The molecular weight excluding hydrogens is 255 g/mol. The number of rotatable bonds is 4. The minimum absolute atomic E-state index is 0. The maximum absolute atomic E-state index is 12.4. The van der Waals surface area contributed by atoms with Crippen molar-refractivity contribution in [1.82, 2.24) is 9.80 Å². The normalized spacial score (nSPS) is 26.1. The van der Waals surface area contributed by atoms with E-state index in [-0.39, 0.29) is 57.9 Å². The molecule has 17 heavy (non-hydrogen) atoms. The van der Waals surface area contributed by atoms with Gasteiger partial charge in [0.2, 0.25) is 0 Å². The Bertz CT molecular complexity index is 271. The largest absolute Gasteiger partial charge is 1.00 e. The zero-order chi connectivity index (χ0) is 12.5. The Labute approximate surface area is 144 Å². The van der Waals surface area contributed by atoms with E-state index in [1.54, 1.807) is 0 Å². The molecule has 0 aromatic heterocycles. The molecule has 0 aromatic rings. The number of halogens is 3. The van der Waals surface area contributed by atoms with Crippen LogP contribution in [-0.2, 0) is 0 Å². The summed E-state index contributed by atoms with van der Waals surface area (Å²) in [7, 11) is 3.93. The van der Waals surface area contributed by atoms with Crippen LogP contribution in [0.15, 0.2) is 12.1 Å². The molecule has 0 spiro atoms. The molecule has 2 nitrogen and oxygen atoms in total. The summed E-state index contributed by atoms with van der Waals surface area (Å²) < 4.78 is 37.1. The van der Waals surface area contributed by atoms with Crippen molar-refractivity contribution in [1.29, 1.82) is 0 Å². The van der Waals surface area contributed by atoms with Crippen molar-refractivity contribution in [2.75, 3.05) is 33.7 Å². The zero-order valence-corrected chi connectivity index (χ0v) is 14.2. The fourth-order valence-electron chi connectivity index (χ4n) is 2.24. The van der Waals surface area contributed by atoms with Crippen LogP contribution in [-0.4, -0.2) is 56.5 Å². The third-order valence-electron chi connectivity index (χ3n) is 3.20. The second-order valence-electron chi connectivity index (χ2n) is 4.94. The number of hydrogen-bond acceptors (Lipinski definition) is 2. The van der Waals surface area contributed by atoms with Gasteiger partial charge in [0, 0.05) is 19.1 Å². The fourth-order valence-corrected chi connectivity index (χ4v) is 2.24. The van der Waals surface area contributed by atoms with E-state index in [2.05, 4.69) is 18.4 Å².